The number of hydrogen-bond donors (Lipinski definition) is 0. The van der Waals surface area contributed by atoms with Crippen molar-refractivity contribution >= 4 is 11.7 Å². The maximum atomic E-state index is 12.2. The highest BCUT2D eigenvalue weighted by atomic mass is 16.6. The van der Waals surface area contributed by atoms with Crippen molar-refractivity contribution in [3.8, 4) is 0 Å². The molecule has 0 spiro atoms. The van der Waals surface area contributed by atoms with Crippen molar-refractivity contribution in [3.05, 3.63) is 75.3 Å². The van der Waals surface area contributed by atoms with Crippen LogP contribution in [0.5, 0.6) is 0 Å². The zero-order valence-electron chi connectivity index (χ0n) is 12.7. The fourth-order valence-corrected chi connectivity index (χ4v) is 2.02. The molecule has 2 aromatic rings. The summed E-state index contributed by atoms with van der Waals surface area (Å²) in [7, 11) is 0. The molecular weight excluding hydrogens is 282 g/mol. The van der Waals surface area contributed by atoms with E-state index in [1.807, 2.05) is 31.2 Å². The van der Waals surface area contributed by atoms with Crippen LogP contribution in [0.1, 0.15) is 35.3 Å². The molecule has 0 aliphatic rings. The first-order valence-electron chi connectivity index (χ1n) is 6.84. The van der Waals surface area contributed by atoms with Gasteiger partial charge in [-0.15, -0.1) is 0 Å². The van der Waals surface area contributed by atoms with Gasteiger partial charge in [-0.05, 0) is 38.5 Å². The molecule has 5 nitrogen and oxygen atoms in total. The molecule has 0 N–H and O–H groups in total. The molecule has 0 radical (unpaired) electrons. The van der Waals surface area contributed by atoms with Crippen LogP contribution < -0.4 is 0 Å². The Balaban J connectivity index is 2.16. The number of carbonyl (C=O) groups excluding carboxylic acids is 1. The maximum Gasteiger partial charge on any atom is 0.339 e. The Morgan fingerprint density at radius 2 is 1.59 bits per heavy atom. The molecular formula is C17H17NO4. The van der Waals surface area contributed by atoms with Gasteiger partial charge in [-0.1, -0.05) is 29.8 Å². The minimum Gasteiger partial charge on any atom is -0.451 e. The van der Waals surface area contributed by atoms with Gasteiger partial charge in [-0.3, -0.25) is 10.1 Å². The number of non-ortho nitro benzene ring substituents is 1. The summed E-state index contributed by atoms with van der Waals surface area (Å²) < 4.78 is 5.54. The molecule has 5 heteroatoms. The maximum absolute atomic E-state index is 12.2. The lowest BCUT2D eigenvalue weighted by Crippen LogP contribution is -2.25. The third kappa shape index (κ3) is 3.49. The van der Waals surface area contributed by atoms with Crippen LogP contribution in [-0.4, -0.2) is 10.9 Å². The first-order chi connectivity index (χ1) is 10.3. The quantitative estimate of drug-likeness (QED) is 0.486. The highest BCUT2D eigenvalue weighted by Crippen LogP contribution is 2.26. The van der Waals surface area contributed by atoms with Crippen LogP contribution in [0, 0.1) is 17.0 Å². The second kappa shape index (κ2) is 5.97. The lowest BCUT2D eigenvalue weighted by Gasteiger charge is -2.25. The minimum absolute atomic E-state index is 0.0608. The number of nitrogens with zero attached hydrogens (tertiary/aromatic N) is 1. The number of nitro benzene ring substituents is 1. The molecule has 0 amide bonds. The third-order valence-electron chi connectivity index (χ3n) is 3.41. The van der Waals surface area contributed by atoms with E-state index in [9.17, 15) is 14.9 Å². The molecule has 0 aliphatic carbocycles. The first kappa shape index (κ1) is 15.7. The number of nitro groups is 1. The Morgan fingerprint density at radius 3 is 2.09 bits per heavy atom. The fourth-order valence-electron chi connectivity index (χ4n) is 2.02. The van der Waals surface area contributed by atoms with Crippen LogP contribution in [0.15, 0.2) is 48.5 Å². The second-order valence-corrected chi connectivity index (χ2v) is 5.57. The van der Waals surface area contributed by atoms with Gasteiger partial charge in [0.2, 0.25) is 0 Å². The second-order valence-electron chi connectivity index (χ2n) is 5.57. The zero-order chi connectivity index (χ0) is 16.3. The largest absolute Gasteiger partial charge is 0.451 e. The molecule has 114 valence electrons. The van der Waals surface area contributed by atoms with Gasteiger partial charge in [0, 0.05) is 12.1 Å². The molecule has 0 bridgehead atoms. The van der Waals surface area contributed by atoms with E-state index < -0.39 is 16.5 Å². The van der Waals surface area contributed by atoms with Crippen molar-refractivity contribution < 1.29 is 14.5 Å². The minimum atomic E-state index is -0.785. The predicted molar refractivity (Wildman–Crippen MR) is 82.7 cm³/mol. The van der Waals surface area contributed by atoms with E-state index in [0.29, 0.717) is 0 Å². The Hall–Kier alpha value is -2.69. The molecule has 0 saturated carbocycles. The number of aryl methyl sites for hydroxylation is 1. The van der Waals surface area contributed by atoms with Crippen molar-refractivity contribution in [1.29, 1.82) is 0 Å². The van der Waals surface area contributed by atoms with Crippen LogP contribution >= 0.6 is 0 Å². The molecule has 2 aromatic carbocycles. The molecule has 0 aromatic heterocycles. The summed E-state index contributed by atoms with van der Waals surface area (Å²) in [6, 6.07) is 13.1. The van der Waals surface area contributed by atoms with Crippen molar-refractivity contribution in [1.82, 2.24) is 0 Å². The molecule has 22 heavy (non-hydrogen) atoms. The molecule has 0 saturated heterocycles. The van der Waals surface area contributed by atoms with Crippen LogP contribution in [0.4, 0.5) is 5.69 Å². The Morgan fingerprint density at radius 1 is 1.05 bits per heavy atom. The van der Waals surface area contributed by atoms with Gasteiger partial charge in [0.1, 0.15) is 5.60 Å². The lowest BCUT2D eigenvalue weighted by molar-refractivity contribution is -0.384. The molecule has 0 fully saturated rings. The van der Waals surface area contributed by atoms with E-state index in [0.717, 1.165) is 11.1 Å². The monoisotopic (exact) mass is 299 g/mol. The molecule has 0 heterocycles. The van der Waals surface area contributed by atoms with E-state index in [4.69, 9.17) is 4.74 Å². The highest BCUT2D eigenvalue weighted by molar-refractivity contribution is 5.90. The number of ether oxygens (including phenoxy) is 1. The van der Waals surface area contributed by atoms with Gasteiger partial charge in [0.05, 0.1) is 10.5 Å². The van der Waals surface area contributed by atoms with Gasteiger partial charge in [0.15, 0.2) is 0 Å². The molecule has 2 rings (SSSR count). The number of hydrogen-bond acceptors (Lipinski definition) is 4. The normalized spacial score (nSPS) is 11.0. The van der Waals surface area contributed by atoms with Crippen molar-refractivity contribution in [2.45, 2.75) is 26.4 Å². The number of rotatable bonds is 4. The van der Waals surface area contributed by atoms with Gasteiger partial charge >= 0.3 is 5.97 Å². The topological polar surface area (TPSA) is 69.4 Å². The third-order valence-corrected chi connectivity index (χ3v) is 3.41. The van der Waals surface area contributed by atoms with E-state index in [1.165, 1.54) is 24.3 Å². The van der Waals surface area contributed by atoms with Crippen molar-refractivity contribution in [2.75, 3.05) is 0 Å². The SMILES string of the molecule is Cc1ccc(C(C)(C)OC(=O)c2ccc([N+](=O)[O-])cc2)cc1. The van der Waals surface area contributed by atoms with Crippen LogP contribution in [0.2, 0.25) is 0 Å². The van der Waals surface area contributed by atoms with Gasteiger partial charge in [-0.25, -0.2) is 4.79 Å². The zero-order valence-corrected chi connectivity index (χ0v) is 12.7. The first-order valence-corrected chi connectivity index (χ1v) is 6.84. The summed E-state index contributed by atoms with van der Waals surface area (Å²) in [6.07, 6.45) is 0. The average molecular weight is 299 g/mol. The highest BCUT2D eigenvalue weighted by Gasteiger charge is 2.26. The van der Waals surface area contributed by atoms with Crippen LogP contribution in [0.3, 0.4) is 0 Å². The summed E-state index contributed by atoms with van der Waals surface area (Å²) >= 11 is 0. The summed E-state index contributed by atoms with van der Waals surface area (Å²) in [5.41, 5.74) is 1.45. The Labute approximate surface area is 128 Å². The smallest absolute Gasteiger partial charge is 0.339 e. The lowest BCUT2D eigenvalue weighted by atomic mass is 9.97. The van der Waals surface area contributed by atoms with E-state index in [1.54, 1.807) is 13.8 Å². The fraction of sp³-hybridized carbons (Fsp3) is 0.235. The summed E-state index contributed by atoms with van der Waals surface area (Å²) in [6.45, 7) is 5.60. The van der Waals surface area contributed by atoms with Crippen molar-refractivity contribution in [2.24, 2.45) is 0 Å². The molecule has 0 unspecified atom stereocenters. The van der Waals surface area contributed by atoms with Crippen LogP contribution in [-0.2, 0) is 10.3 Å². The van der Waals surface area contributed by atoms with E-state index in [2.05, 4.69) is 0 Å². The summed E-state index contributed by atoms with van der Waals surface area (Å²) in [4.78, 5) is 22.3. The van der Waals surface area contributed by atoms with Gasteiger partial charge in [-0.2, -0.15) is 0 Å². The van der Waals surface area contributed by atoms with Gasteiger partial charge < -0.3 is 4.74 Å². The molecule has 0 aliphatic heterocycles. The predicted octanol–water partition coefficient (Wildman–Crippen LogP) is 4.00. The standard InChI is InChI=1S/C17H17NO4/c1-12-4-8-14(9-5-12)17(2,3)22-16(19)13-6-10-15(11-7-13)18(20)21/h4-11H,1-3H3. The van der Waals surface area contributed by atoms with Crippen LogP contribution in [0.25, 0.3) is 0 Å². The number of benzene rings is 2. The average Bonchev–Trinajstić information content (AvgIpc) is 2.47. The number of esters is 1. The van der Waals surface area contributed by atoms with E-state index >= 15 is 0 Å². The van der Waals surface area contributed by atoms with Gasteiger partial charge in [0.25, 0.3) is 5.69 Å². The summed E-state index contributed by atoms with van der Waals surface area (Å²) in [5.74, 6) is -0.513. The Bertz CT molecular complexity index is 688. The number of carbonyl (C=O) groups is 1. The van der Waals surface area contributed by atoms with E-state index in [-0.39, 0.29) is 11.3 Å². The van der Waals surface area contributed by atoms with Crippen molar-refractivity contribution in [3.63, 3.8) is 0 Å². The summed E-state index contributed by atoms with van der Waals surface area (Å²) in [5, 5.41) is 10.6. The molecule has 0 atom stereocenters. The Kier molecular flexibility index (Phi) is 4.26.